The summed E-state index contributed by atoms with van der Waals surface area (Å²) in [5.41, 5.74) is 1.62. The number of nitrogens with one attached hydrogen (secondary N) is 1. The second-order valence-corrected chi connectivity index (χ2v) is 7.19. The smallest absolute Gasteiger partial charge is 0.227 e. The minimum absolute atomic E-state index is 0.0623. The second kappa shape index (κ2) is 6.26. The van der Waals surface area contributed by atoms with E-state index in [4.69, 9.17) is 0 Å². The summed E-state index contributed by atoms with van der Waals surface area (Å²) in [5.74, 6) is 1.76. The number of carbonyl (C=O) groups is 1. The van der Waals surface area contributed by atoms with Crippen molar-refractivity contribution in [3.63, 3.8) is 0 Å². The van der Waals surface area contributed by atoms with Crippen LogP contribution in [0.1, 0.15) is 38.1 Å². The van der Waals surface area contributed by atoms with Crippen molar-refractivity contribution in [2.24, 2.45) is 0 Å². The molecule has 3 rings (SSSR count). The normalized spacial score (nSPS) is 17.3. The Bertz CT molecular complexity index is 718. The molecule has 0 saturated heterocycles. The zero-order chi connectivity index (χ0) is 15.7. The maximum Gasteiger partial charge on any atom is 0.227 e. The molecule has 1 atom stereocenters. The Balaban J connectivity index is 2.07. The number of ketones is 1. The molecule has 2 aromatic heterocycles. The lowest BCUT2D eigenvalue weighted by molar-refractivity contribution is -0.114. The van der Waals surface area contributed by atoms with Gasteiger partial charge in [-0.3, -0.25) is 4.79 Å². The van der Waals surface area contributed by atoms with Gasteiger partial charge in [-0.1, -0.05) is 24.8 Å². The minimum Gasteiger partial charge on any atom is -0.328 e. The number of thiophene rings is 1. The van der Waals surface area contributed by atoms with Gasteiger partial charge < -0.3 is 5.32 Å². The van der Waals surface area contributed by atoms with Crippen LogP contribution in [-0.4, -0.2) is 26.3 Å². The molecule has 0 aromatic carbocycles. The average molecular weight is 334 g/mol. The van der Waals surface area contributed by atoms with Crippen molar-refractivity contribution in [2.75, 3.05) is 11.1 Å². The van der Waals surface area contributed by atoms with Gasteiger partial charge in [-0.15, -0.1) is 16.4 Å². The van der Waals surface area contributed by atoms with Gasteiger partial charge in [-0.2, -0.15) is 4.98 Å². The fourth-order valence-corrected chi connectivity index (χ4v) is 4.05. The molecule has 3 heterocycles. The van der Waals surface area contributed by atoms with E-state index < -0.39 is 0 Å². The van der Waals surface area contributed by atoms with Crippen LogP contribution < -0.4 is 5.32 Å². The fraction of sp³-hybridized carbons (Fsp3) is 0.400. The Morgan fingerprint density at radius 1 is 1.55 bits per heavy atom. The lowest BCUT2D eigenvalue weighted by Crippen LogP contribution is -2.27. The van der Waals surface area contributed by atoms with E-state index >= 15 is 0 Å². The van der Waals surface area contributed by atoms with Gasteiger partial charge in [-0.05, 0) is 31.7 Å². The second-order valence-electron chi connectivity index (χ2n) is 5.15. The molecule has 0 saturated carbocycles. The molecule has 5 nitrogen and oxygen atoms in total. The summed E-state index contributed by atoms with van der Waals surface area (Å²) in [6, 6.07) is 3.86. The summed E-state index contributed by atoms with van der Waals surface area (Å²) >= 11 is 3.27. The van der Waals surface area contributed by atoms with E-state index in [0.29, 0.717) is 5.95 Å². The third-order valence-corrected chi connectivity index (χ3v) is 5.43. The van der Waals surface area contributed by atoms with Gasteiger partial charge in [0.05, 0.1) is 0 Å². The Morgan fingerprint density at radius 2 is 2.36 bits per heavy atom. The van der Waals surface area contributed by atoms with Gasteiger partial charge in [0.2, 0.25) is 11.1 Å². The molecule has 7 heteroatoms. The largest absolute Gasteiger partial charge is 0.328 e. The van der Waals surface area contributed by atoms with Crippen molar-refractivity contribution < 1.29 is 4.79 Å². The van der Waals surface area contributed by atoms with Gasteiger partial charge in [0, 0.05) is 21.9 Å². The van der Waals surface area contributed by atoms with E-state index in [-0.39, 0.29) is 11.8 Å². The van der Waals surface area contributed by atoms with Crippen LogP contribution in [0.3, 0.4) is 0 Å². The number of hydrogen-bond acceptors (Lipinski definition) is 6. The minimum atomic E-state index is -0.183. The monoisotopic (exact) mass is 334 g/mol. The van der Waals surface area contributed by atoms with E-state index in [0.717, 1.165) is 33.5 Å². The van der Waals surface area contributed by atoms with Gasteiger partial charge in [-0.25, -0.2) is 4.68 Å². The first-order valence-electron chi connectivity index (χ1n) is 7.23. The van der Waals surface area contributed by atoms with Crippen LogP contribution in [0, 0.1) is 0 Å². The first-order valence-corrected chi connectivity index (χ1v) is 9.09. The summed E-state index contributed by atoms with van der Waals surface area (Å²) in [6.07, 6.45) is 1.08. The topological polar surface area (TPSA) is 59.8 Å². The van der Waals surface area contributed by atoms with Crippen LogP contribution >= 0.6 is 23.1 Å². The summed E-state index contributed by atoms with van der Waals surface area (Å²) in [6.45, 7) is 5.67. The molecule has 0 amide bonds. The molecule has 0 bridgehead atoms. The Morgan fingerprint density at radius 3 is 3.00 bits per heavy atom. The molecule has 0 spiro atoms. The predicted molar refractivity (Wildman–Crippen MR) is 90.5 cm³/mol. The highest BCUT2D eigenvalue weighted by Crippen LogP contribution is 2.38. The van der Waals surface area contributed by atoms with Crippen LogP contribution in [0.4, 0.5) is 5.95 Å². The van der Waals surface area contributed by atoms with Crippen LogP contribution in [0.25, 0.3) is 0 Å². The van der Waals surface area contributed by atoms with Crippen LogP contribution in [0.5, 0.6) is 0 Å². The first-order chi connectivity index (χ1) is 10.6. The summed E-state index contributed by atoms with van der Waals surface area (Å²) in [4.78, 5) is 17.8. The van der Waals surface area contributed by atoms with E-state index in [2.05, 4.69) is 22.3 Å². The van der Waals surface area contributed by atoms with Crippen molar-refractivity contribution in [1.29, 1.82) is 0 Å². The maximum absolute atomic E-state index is 12.1. The van der Waals surface area contributed by atoms with E-state index in [1.807, 2.05) is 29.1 Å². The molecule has 1 N–H and O–H groups in total. The van der Waals surface area contributed by atoms with Crippen molar-refractivity contribution in [2.45, 2.75) is 38.4 Å². The lowest BCUT2D eigenvalue weighted by Gasteiger charge is -2.26. The van der Waals surface area contributed by atoms with Crippen LogP contribution in [0.15, 0.2) is 33.9 Å². The number of Topliss-reactive ketones (excluding diaryl/α,β-unsaturated/α-hetero) is 1. The molecule has 1 unspecified atom stereocenters. The number of carbonyl (C=O) groups excluding carboxylic acids is 1. The van der Waals surface area contributed by atoms with Gasteiger partial charge in [0.1, 0.15) is 6.04 Å². The molecule has 116 valence electrons. The fourth-order valence-electron chi connectivity index (χ4n) is 2.55. The van der Waals surface area contributed by atoms with Crippen molar-refractivity contribution >= 4 is 34.8 Å². The summed E-state index contributed by atoms with van der Waals surface area (Å²) in [7, 11) is 0. The molecule has 1 aliphatic rings. The van der Waals surface area contributed by atoms with Crippen molar-refractivity contribution in [3.05, 3.63) is 33.7 Å². The molecular formula is C15H18N4OS2. The number of nitrogens with zero attached hydrogens (tertiary/aromatic N) is 3. The summed E-state index contributed by atoms with van der Waals surface area (Å²) < 4.78 is 1.84. The number of rotatable bonds is 5. The highest BCUT2D eigenvalue weighted by atomic mass is 32.2. The van der Waals surface area contributed by atoms with Gasteiger partial charge in [0.15, 0.2) is 5.78 Å². The molecule has 22 heavy (non-hydrogen) atoms. The number of anilines is 1. The Hall–Kier alpha value is -1.60. The lowest BCUT2D eigenvalue weighted by atomic mass is 9.98. The SMILES string of the molecule is CCCSc1nc2n(n1)C(c1cccs1)C(C(C)=O)=C(C)N2. The van der Waals surface area contributed by atoms with Crippen LogP contribution in [-0.2, 0) is 4.79 Å². The number of thioether (sulfide) groups is 1. The van der Waals surface area contributed by atoms with E-state index in [1.165, 1.54) is 0 Å². The maximum atomic E-state index is 12.1. The molecular weight excluding hydrogens is 316 g/mol. The number of aromatic nitrogens is 3. The van der Waals surface area contributed by atoms with E-state index in [1.54, 1.807) is 30.0 Å². The molecule has 2 aromatic rings. The molecule has 0 radical (unpaired) electrons. The molecule has 0 fully saturated rings. The Labute approximate surface area is 137 Å². The quantitative estimate of drug-likeness (QED) is 0.845. The third kappa shape index (κ3) is 2.70. The number of hydrogen-bond donors (Lipinski definition) is 1. The Kier molecular flexibility index (Phi) is 4.35. The van der Waals surface area contributed by atoms with Crippen molar-refractivity contribution in [1.82, 2.24) is 14.8 Å². The zero-order valence-corrected chi connectivity index (χ0v) is 14.4. The van der Waals surface area contributed by atoms with E-state index in [9.17, 15) is 4.79 Å². The molecule has 1 aliphatic heterocycles. The van der Waals surface area contributed by atoms with Gasteiger partial charge >= 0.3 is 0 Å². The third-order valence-electron chi connectivity index (χ3n) is 3.46. The van der Waals surface area contributed by atoms with Crippen molar-refractivity contribution in [3.8, 4) is 0 Å². The highest BCUT2D eigenvalue weighted by molar-refractivity contribution is 7.99. The molecule has 0 aliphatic carbocycles. The predicted octanol–water partition coefficient (Wildman–Crippen LogP) is 3.72. The number of fused-ring (bicyclic) bond motifs is 1. The number of allylic oxidation sites excluding steroid dienone is 2. The van der Waals surface area contributed by atoms with Crippen LogP contribution in [0.2, 0.25) is 0 Å². The average Bonchev–Trinajstić information content (AvgIpc) is 3.12. The standard InChI is InChI=1S/C15H18N4OS2/c1-4-7-22-15-17-14-16-9(2)12(10(3)20)13(19(14)18-15)11-6-5-8-21-11/h5-6,8,13H,4,7H2,1-3H3,(H,16,17,18). The van der Waals surface area contributed by atoms with Gasteiger partial charge in [0.25, 0.3) is 0 Å². The first kappa shape index (κ1) is 15.3. The highest BCUT2D eigenvalue weighted by Gasteiger charge is 2.33. The summed E-state index contributed by atoms with van der Waals surface area (Å²) in [5, 5.41) is 10.6. The zero-order valence-electron chi connectivity index (χ0n) is 12.8.